The Morgan fingerprint density at radius 3 is 3.05 bits per heavy atom. The minimum absolute atomic E-state index is 0.310. The summed E-state index contributed by atoms with van der Waals surface area (Å²) in [5, 5.41) is 4.64. The van der Waals surface area contributed by atoms with Crippen molar-refractivity contribution in [3.05, 3.63) is 47.7 Å². The van der Waals surface area contributed by atoms with Crippen LogP contribution < -0.4 is 5.32 Å². The molecule has 20 heavy (non-hydrogen) atoms. The lowest BCUT2D eigenvalue weighted by molar-refractivity contribution is 0.0600. The third kappa shape index (κ3) is 1.39. The zero-order chi connectivity index (χ0) is 13.7. The molecule has 0 fully saturated rings. The number of para-hydroxylation sites is 1. The lowest BCUT2D eigenvalue weighted by Crippen LogP contribution is -2.13. The molecule has 1 N–H and O–H groups in total. The van der Waals surface area contributed by atoms with Gasteiger partial charge in [0.2, 0.25) is 0 Å². The highest BCUT2D eigenvalue weighted by atomic mass is 16.5. The molecule has 3 heterocycles. The summed E-state index contributed by atoms with van der Waals surface area (Å²) in [6.07, 6.45) is 2.87. The van der Waals surface area contributed by atoms with Crippen molar-refractivity contribution in [1.82, 2.24) is 4.40 Å². The number of ether oxygens (including phenoxy) is 1. The van der Waals surface area contributed by atoms with E-state index in [-0.39, 0.29) is 5.97 Å². The smallest absolute Gasteiger partial charge is 0.339 e. The average molecular weight is 266 g/mol. The standard InChI is InChI=1S/C16H14N2O2/c1-20-16(19)10-8-13-15-12(6-7-17-13)11-4-2-3-5-14(11)18(15)9-10/h2-5,8-9,17H,6-7H2,1H3. The number of aromatic nitrogens is 1. The van der Waals surface area contributed by atoms with E-state index in [2.05, 4.69) is 27.9 Å². The predicted molar refractivity (Wildman–Crippen MR) is 78.4 cm³/mol. The van der Waals surface area contributed by atoms with Crippen molar-refractivity contribution in [2.75, 3.05) is 19.0 Å². The van der Waals surface area contributed by atoms with Crippen molar-refractivity contribution < 1.29 is 9.53 Å². The van der Waals surface area contributed by atoms with Gasteiger partial charge in [-0.15, -0.1) is 0 Å². The van der Waals surface area contributed by atoms with Gasteiger partial charge < -0.3 is 14.5 Å². The Bertz CT molecular complexity index is 848. The fourth-order valence-corrected chi connectivity index (χ4v) is 3.10. The van der Waals surface area contributed by atoms with E-state index in [4.69, 9.17) is 4.74 Å². The Labute approximate surface area is 116 Å². The Morgan fingerprint density at radius 1 is 1.35 bits per heavy atom. The number of hydrogen-bond donors (Lipinski definition) is 1. The number of benzene rings is 1. The number of esters is 1. The van der Waals surface area contributed by atoms with Crippen LogP contribution in [0.1, 0.15) is 15.9 Å². The fraction of sp³-hybridized carbons (Fsp3) is 0.188. The third-order valence-electron chi connectivity index (χ3n) is 3.95. The molecule has 0 saturated heterocycles. The number of anilines is 1. The molecule has 1 aliphatic rings. The first-order chi connectivity index (χ1) is 9.79. The number of methoxy groups -OCH3 is 1. The van der Waals surface area contributed by atoms with Crippen molar-refractivity contribution in [1.29, 1.82) is 0 Å². The molecule has 0 saturated carbocycles. The van der Waals surface area contributed by atoms with Crippen molar-refractivity contribution >= 4 is 28.1 Å². The number of pyridine rings is 1. The number of rotatable bonds is 1. The highest BCUT2D eigenvalue weighted by molar-refractivity contribution is 6.00. The second kappa shape index (κ2) is 4.00. The van der Waals surface area contributed by atoms with E-state index in [1.54, 1.807) is 0 Å². The van der Waals surface area contributed by atoms with E-state index in [0.717, 1.165) is 24.2 Å². The normalized spacial score (nSPS) is 13.4. The van der Waals surface area contributed by atoms with Crippen molar-refractivity contribution in [2.24, 2.45) is 0 Å². The van der Waals surface area contributed by atoms with Gasteiger partial charge in [-0.1, -0.05) is 18.2 Å². The van der Waals surface area contributed by atoms with E-state index in [0.29, 0.717) is 5.56 Å². The first kappa shape index (κ1) is 11.3. The Hall–Kier alpha value is -2.49. The molecule has 0 spiro atoms. The maximum atomic E-state index is 11.8. The van der Waals surface area contributed by atoms with Gasteiger partial charge in [-0.2, -0.15) is 0 Å². The highest BCUT2D eigenvalue weighted by Crippen LogP contribution is 2.35. The molecule has 0 radical (unpaired) electrons. The largest absolute Gasteiger partial charge is 0.465 e. The summed E-state index contributed by atoms with van der Waals surface area (Å²) in [6.45, 7) is 0.890. The van der Waals surface area contributed by atoms with Crippen LogP contribution in [-0.4, -0.2) is 24.0 Å². The highest BCUT2D eigenvalue weighted by Gasteiger charge is 2.20. The van der Waals surface area contributed by atoms with Crippen molar-refractivity contribution in [3.63, 3.8) is 0 Å². The summed E-state index contributed by atoms with van der Waals surface area (Å²) in [5.41, 5.74) is 5.23. The predicted octanol–water partition coefficient (Wildman–Crippen LogP) is 2.85. The molecule has 0 unspecified atom stereocenters. The Morgan fingerprint density at radius 2 is 2.20 bits per heavy atom. The molecule has 0 bridgehead atoms. The quantitative estimate of drug-likeness (QED) is 0.689. The zero-order valence-corrected chi connectivity index (χ0v) is 11.1. The Balaban J connectivity index is 2.17. The molecule has 0 atom stereocenters. The topological polar surface area (TPSA) is 42.7 Å². The third-order valence-corrected chi connectivity index (χ3v) is 3.95. The van der Waals surface area contributed by atoms with Gasteiger partial charge in [0, 0.05) is 18.1 Å². The van der Waals surface area contributed by atoms with Crippen LogP contribution in [0, 0.1) is 0 Å². The van der Waals surface area contributed by atoms with E-state index in [9.17, 15) is 4.79 Å². The first-order valence-corrected chi connectivity index (χ1v) is 6.67. The average Bonchev–Trinajstić information content (AvgIpc) is 2.83. The SMILES string of the molecule is COC(=O)c1cc2c3c(c4ccccc4n3c1)CCN2. The van der Waals surface area contributed by atoms with Gasteiger partial charge >= 0.3 is 5.97 Å². The maximum Gasteiger partial charge on any atom is 0.339 e. The summed E-state index contributed by atoms with van der Waals surface area (Å²) < 4.78 is 6.94. The summed E-state index contributed by atoms with van der Waals surface area (Å²) >= 11 is 0. The molecule has 4 rings (SSSR count). The van der Waals surface area contributed by atoms with Crippen LogP contribution in [0.2, 0.25) is 0 Å². The van der Waals surface area contributed by atoms with Crippen LogP contribution in [0.15, 0.2) is 36.5 Å². The van der Waals surface area contributed by atoms with E-state index in [1.807, 2.05) is 18.3 Å². The number of carbonyl (C=O) groups excluding carboxylic acids is 1. The number of hydrogen-bond acceptors (Lipinski definition) is 3. The molecule has 4 heteroatoms. The van der Waals surface area contributed by atoms with E-state index < -0.39 is 0 Å². The summed E-state index contributed by atoms with van der Waals surface area (Å²) in [6, 6.07) is 10.2. The maximum absolute atomic E-state index is 11.8. The monoisotopic (exact) mass is 266 g/mol. The second-order valence-corrected chi connectivity index (χ2v) is 5.03. The molecule has 3 aromatic rings. The van der Waals surface area contributed by atoms with Crippen molar-refractivity contribution in [2.45, 2.75) is 6.42 Å². The van der Waals surface area contributed by atoms with Crippen LogP contribution in [0.5, 0.6) is 0 Å². The molecule has 2 aromatic heterocycles. The minimum atomic E-state index is -0.310. The second-order valence-electron chi connectivity index (χ2n) is 5.03. The van der Waals surface area contributed by atoms with Gasteiger partial charge in [0.15, 0.2) is 0 Å². The molecule has 4 nitrogen and oxygen atoms in total. The van der Waals surface area contributed by atoms with Crippen LogP contribution in [-0.2, 0) is 11.2 Å². The molecule has 100 valence electrons. The number of nitrogens with one attached hydrogen (secondary N) is 1. The first-order valence-electron chi connectivity index (χ1n) is 6.67. The van der Waals surface area contributed by atoms with Gasteiger partial charge in [0.1, 0.15) is 0 Å². The number of carbonyl (C=O) groups is 1. The van der Waals surface area contributed by atoms with Crippen LogP contribution in [0.3, 0.4) is 0 Å². The molecule has 0 aliphatic carbocycles. The molecule has 0 amide bonds. The lowest BCUT2D eigenvalue weighted by Gasteiger charge is -2.16. The van der Waals surface area contributed by atoms with Gasteiger partial charge in [0.25, 0.3) is 0 Å². The number of fused-ring (bicyclic) bond motifs is 3. The summed E-state index contributed by atoms with van der Waals surface area (Å²) in [5.74, 6) is -0.310. The van der Waals surface area contributed by atoms with E-state index >= 15 is 0 Å². The van der Waals surface area contributed by atoms with Gasteiger partial charge in [0.05, 0.1) is 29.4 Å². The van der Waals surface area contributed by atoms with Crippen LogP contribution in [0.25, 0.3) is 16.4 Å². The molecule has 1 aromatic carbocycles. The van der Waals surface area contributed by atoms with Crippen molar-refractivity contribution in [3.8, 4) is 0 Å². The Kier molecular flexibility index (Phi) is 2.27. The fourth-order valence-electron chi connectivity index (χ4n) is 3.10. The molecular weight excluding hydrogens is 252 g/mol. The zero-order valence-electron chi connectivity index (χ0n) is 11.1. The summed E-state index contributed by atoms with van der Waals surface area (Å²) in [7, 11) is 1.41. The molecular formula is C16H14N2O2. The van der Waals surface area contributed by atoms with Gasteiger partial charge in [-0.25, -0.2) is 4.79 Å². The van der Waals surface area contributed by atoms with Crippen LogP contribution in [0.4, 0.5) is 5.69 Å². The lowest BCUT2D eigenvalue weighted by atomic mass is 10.0. The number of nitrogens with zero attached hydrogens (tertiary/aromatic N) is 1. The van der Waals surface area contributed by atoms with Gasteiger partial charge in [-0.05, 0) is 24.1 Å². The van der Waals surface area contributed by atoms with Gasteiger partial charge in [-0.3, -0.25) is 0 Å². The molecule has 1 aliphatic heterocycles. The van der Waals surface area contributed by atoms with Crippen LogP contribution >= 0.6 is 0 Å². The minimum Gasteiger partial charge on any atom is -0.465 e. The summed E-state index contributed by atoms with van der Waals surface area (Å²) in [4.78, 5) is 11.8. The van der Waals surface area contributed by atoms with E-state index in [1.165, 1.54) is 23.6 Å².